The molecule has 5 nitrogen and oxygen atoms in total. The first kappa shape index (κ1) is 13.9. The van der Waals surface area contributed by atoms with Gasteiger partial charge in [0.1, 0.15) is 0 Å². The lowest BCUT2D eigenvalue weighted by atomic mass is 10.2. The standard InChI is InChI=1S/C15H18N4O/c16-14-5-2-13(3-6-14)4-7-15(20)18-8-1-10-19-11-9-17-12-19/h2-7,9,11-12H,1,8,10,16H2,(H,18,20)/b7-4+. The molecule has 20 heavy (non-hydrogen) atoms. The molecule has 0 radical (unpaired) electrons. The van der Waals surface area contributed by atoms with Crippen LogP contribution in [0.4, 0.5) is 5.69 Å². The number of rotatable bonds is 6. The van der Waals surface area contributed by atoms with E-state index in [9.17, 15) is 4.79 Å². The summed E-state index contributed by atoms with van der Waals surface area (Å²) in [6.07, 6.45) is 9.59. The molecule has 0 unspecified atom stereocenters. The van der Waals surface area contributed by atoms with E-state index in [1.807, 2.05) is 35.0 Å². The third kappa shape index (κ3) is 4.61. The number of hydrogen-bond donors (Lipinski definition) is 2. The summed E-state index contributed by atoms with van der Waals surface area (Å²) in [4.78, 5) is 15.6. The Balaban J connectivity index is 1.68. The van der Waals surface area contributed by atoms with Crippen LogP contribution in [-0.2, 0) is 11.3 Å². The SMILES string of the molecule is Nc1ccc(/C=C/C(=O)NCCCn2ccnc2)cc1. The highest BCUT2D eigenvalue weighted by molar-refractivity contribution is 5.91. The van der Waals surface area contributed by atoms with Crippen molar-refractivity contribution in [3.63, 3.8) is 0 Å². The second-order valence-electron chi connectivity index (χ2n) is 4.45. The summed E-state index contributed by atoms with van der Waals surface area (Å²) in [7, 11) is 0. The average Bonchev–Trinajstić information content (AvgIpc) is 2.96. The quantitative estimate of drug-likeness (QED) is 0.476. The molecule has 0 bridgehead atoms. The van der Waals surface area contributed by atoms with Gasteiger partial charge in [-0.3, -0.25) is 4.79 Å². The molecular formula is C15H18N4O. The van der Waals surface area contributed by atoms with E-state index in [1.54, 1.807) is 18.6 Å². The van der Waals surface area contributed by atoms with Crippen LogP contribution < -0.4 is 11.1 Å². The van der Waals surface area contributed by atoms with Crippen molar-refractivity contribution in [2.75, 3.05) is 12.3 Å². The third-order valence-corrected chi connectivity index (χ3v) is 2.82. The number of aromatic nitrogens is 2. The van der Waals surface area contributed by atoms with Crippen LogP contribution in [-0.4, -0.2) is 22.0 Å². The van der Waals surface area contributed by atoms with Crippen LogP contribution in [0.2, 0.25) is 0 Å². The van der Waals surface area contributed by atoms with Crippen LogP contribution in [0.25, 0.3) is 6.08 Å². The number of aryl methyl sites for hydroxylation is 1. The number of carbonyl (C=O) groups excluding carboxylic acids is 1. The van der Waals surface area contributed by atoms with E-state index in [1.165, 1.54) is 6.08 Å². The number of imidazole rings is 1. The third-order valence-electron chi connectivity index (χ3n) is 2.82. The van der Waals surface area contributed by atoms with Crippen LogP contribution in [0.5, 0.6) is 0 Å². The van der Waals surface area contributed by atoms with E-state index in [0.29, 0.717) is 12.2 Å². The van der Waals surface area contributed by atoms with Crippen LogP contribution in [0, 0.1) is 0 Å². The fraction of sp³-hybridized carbons (Fsp3) is 0.200. The molecule has 0 spiro atoms. The lowest BCUT2D eigenvalue weighted by Gasteiger charge is -2.03. The molecule has 3 N–H and O–H groups in total. The van der Waals surface area contributed by atoms with Crippen molar-refractivity contribution in [1.29, 1.82) is 0 Å². The summed E-state index contributed by atoms with van der Waals surface area (Å²) in [5.41, 5.74) is 7.26. The van der Waals surface area contributed by atoms with Crippen molar-refractivity contribution in [2.45, 2.75) is 13.0 Å². The van der Waals surface area contributed by atoms with Gasteiger partial charge in [0.15, 0.2) is 0 Å². The molecular weight excluding hydrogens is 252 g/mol. The van der Waals surface area contributed by atoms with E-state index in [4.69, 9.17) is 5.73 Å². The Labute approximate surface area is 118 Å². The number of benzene rings is 1. The second kappa shape index (κ2) is 7.13. The summed E-state index contributed by atoms with van der Waals surface area (Å²) in [5.74, 6) is -0.0903. The number of carbonyl (C=O) groups is 1. The van der Waals surface area contributed by atoms with E-state index < -0.39 is 0 Å². The van der Waals surface area contributed by atoms with Gasteiger partial charge in [-0.15, -0.1) is 0 Å². The predicted molar refractivity (Wildman–Crippen MR) is 79.7 cm³/mol. The molecule has 1 aromatic heterocycles. The number of anilines is 1. The molecule has 0 saturated carbocycles. The summed E-state index contributed by atoms with van der Waals surface area (Å²) < 4.78 is 1.98. The van der Waals surface area contributed by atoms with E-state index in [2.05, 4.69) is 10.3 Å². The zero-order chi connectivity index (χ0) is 14.2. The Bertz CT molecular complexity index is 558. The van der Waals surface area contributed by atoms with Gasteiger partial charge in [-0.25, -0.2) is 4.98 Å². The fourth-order valence-corrected chi connectivity index (χ4v) is 1.73. The lowest BCUT2D eigenvalue weighted by Crippen LogP contribution is -2.22. The second-order valence-corrected chi connectivity index (χ2v) is 4.45. The number of nitrogens with two attached hydrogens (primary N) is 1. The van der Waals surface area contributed by atoms with Gasteiger partial charge in [-0.1, -0.05) is 12.1 Å². The highest BCUT2D eigenvalue weighted by Crippen LogP contribution is 2.06. The molecule has 2 rings (SSSR count). The van der Waals surface area contributed by atoms with Gasteiger partial charge in [-0.05, 0) is 30.2 Å². The molecule has 104 valence electrons. The van der Waals surface area contributed by atoms with Gasteiger partial charge in [-0.2, -0.15) is 0 Å². The molecule has 1 aromatic carbocycles. The normalized spacial score (nSPS) is 10.8. The van der Waals surface area contributed by atoms with Crippen molar-refractivity contribution in [3.8, 4) is 0 Å². The van der Waals surface area contributed by atoms with Gasteiger partial charge in [0.2, 0.25) is 5.91 Å². The molecule has 2 aromatic rings. The minimum absolute atomic E-state index is 0.0903. The van der Waals surface area contributed by atoms with Crippen LogP contribution in [0.1, 0.15) is 12.0 Å². The predicted octanol–water partition coefficient (Wildman–Crippen LogP) is 1.68. The highest BCUT2D eigenvalue weighted by Gasteiger charge is 1.95. The van der Waals surface area contributed by atoms with Crippen molar-refractivity contribution < 1.29 is 4.79 Å². The number of nitrogen functional groups attached to an aromatic ring is 1. The monoisotopic (exact) mass is 270 g/mol. The van der Waals surface area contributed by atoms with Gasteiger partial charge in [0.25, 0.3) is 0 Å². The summed E-state index contributed by atoms with van der Waals surface area (Å²) in [6.45, 7) is 1.49. The van der Waals surface area contributed by atoms with E-state index in [0.717, 1.165) is 18.5 Å². The number of amides is 1. The molecule has 0 saturated heterocycles. The molecule has 0 atom stereocenters. The van der Waals surface area contributed by atoms with Crippen molar-refractivity contribution >= 4 is 17.7 Å². The minimum atomic E-state index is -0.0903. The number of nitrogens with zero attached hydrogens (tertiary/aromatic N) is 2. The molecule has 0 aliphatic carbocycles. The minimum Gasteiger partial charge on any atom is -0.399 e. The first-order valence-electron chi connectivity index (χ1n) is 6.51. The van der Waals surface area contributed by atoms with Gasteiger partial charge in [0, 0.05) is 37.2 Å². The summed E-state index contributed by atoms with van der Waals surface area (Å²) in [5, 5.41) is 2.84. The zero-order valence-corrected chi connectivity index (χ0v) is 11.2. The first-order chi connectivity index (χ1) is 9.74. The smallest absolute Gasteiger partial charge is 0.244 e. The molecule has 1 amide bonds. The maximum absolute atomic E-state index is 11.6. The Hall–Kier alpha value is -2.56. The maximum Gasteiger partial charge on any atom is 0.244 e. The Morgan fingerprint density at radius 2 is 2.15 bits per heavy atom. The highest BCUT2D eigenvalue weighted by atomic mass is 16.1. The van der Waals surface area contributed by atoms with Crippen LogP contribution in [0.3, 0.4) is 0 Å². The summed E-state index contributed by atoms with van der Waals surface area (Å²) in [6, 6.07) is 7.36. The van der Waals surface area contributed by atoms with Crippen LogP contribution in [0.15, 0.2) is 49.1 Å². The summed E-state index contributed by atoms with van der Waals surface area (Å²) >= 11 is 0. The Morgan fingerprint density at radius 3 is 2.85 bits per heavy atom. The largest absolute Gasteiger partial charge is 0.399 e. The maximum atomic E-state index is 11.6. The lowest BCUT2D eigenvalue weighted by molar-refractivity contribution is -0.116. The van der Waals surface area contributed by atoms with Crippen molar-refractivity contribution in [2.24, 2.45) is 0 Å². The zero-order valence-electron chi connectivity index (χ0n) is 11.2. The Kier molecular flexibility index (Phi) is 4.94. The molecule has 0 fully saturated rings. The van der Waals surface area contributed by atoms with Crippen molar-refractivity contribution in [3.05, 3.63) is 54.6 Å². The topological polar surface area (TPSA) is 72.9 Å². The molecule has 0 aliphatic heterocycles. The molecule has 5 heteroatoms. The number of nitrogens with one attached hydrogen (secondary N) is 1. The Morgan fingerprint density at radius 1 is 1.35 bits per heavy atom. The van der Waals surface area contributed by atoms with Gasteiger partial charge in [0.05, 0.1) is 6.33 Å². The first-order valence-corrected chi connectivity index (χ1v) is 6.51. The molecule has 1 heterocycles. The van der Waals surface area contributed by atoms with Gasteiger partial charge < -0.3 is 15.6 Å². The van der Waals surface area contributed by atoms with Crippen molar-refractivity contribution in [1.82, 2.24) is 14.9 Å². The average molecular weight is 270 g/mol. The number of hydrogen-bond acceptors (Lipinski definition) is 3. The van der Waals surface area contributed by atoms with E-state index in [-0.39, 0.29) is 5.91 Å². The molecule has 0 aliphatic rings. The fourth-order valence-electron chi connectivity index (χ4n) is 1.73. The van der Waals surface area contributed by atoms with Crippen LogP contribution >= 0.6 is 0 Å². The van der Waals surface area contributed by atoms with Gasteiger partial charge >= 0.3 is 0 Å². The van der Waals surface area contributed by atoms with E-state index >= 15 is 0 Å².